The van der Waals surface area contributed by atoms with Crippen molar-refractivity contribution in [1.82, 2.24) is 10.2 Å². The summed E-state index contributed by atoms with van der Waals surface area (Å²) in [6.07, 6.45) is 1.33. The van der Waals surface area contributed by atoms with Gasteiger partial charge in [0.15, 0.2) is 0 Å². The van der Waals surface area contributed by atoms with Crippen LogP contribution in [0.3, 0.4) is 0 Å². The number of nitrogens with zero attached hydrogens (tertiary/aromatic N) is 1. The van der Waals surface area contributed by atoms with Crippen molar-refractivity contribution < 1.29 is 4.79 Å². The molecule has 82 valence electrons. The lowest BCUT2D eigenvalue weighted by Crippen LogP contribution is -2.43. The third-order valence-electron chi connectivity index (χ3n) is 2.02. The van der Waals surface area contributed by atoms with E-state index < -0.39 is 0 Å². The molecule has 0 aliphatic carbocycles. The van der Waals surface area contributed by atoms with Crippen LogP contribution in [-0.2, 0) is 0 Å². The first-order valence-electron chi connectivity index (χ1n) is 4.82. The van der Waals surface area contributed by atoms with E-state index in [4.69, 9.17) is 11.1 Å². The Bertz CT molecular complexity index is 205. The van der Waals surface area contributed by atoms with E-state index >= 15 is 0 Å². The molecule has 0 fully saturated rings. The predicted molar refractivity (Wildman–Crippen MR) is 57.4 cm³/mol. The molecule has 0 spiro atoms. The molecule has 1 unspecified atom stereocenters. The molecule has 14 heavy (non-hydrogen) atoms. The summed E-state index contributed by atoms with van der Waals surface area (Å²) in [4.78, 5) is 13.0. The zero-order chi connectivity index (χ0) is 11.1. The maximum absolute atomic E-state index is 11.4. The SMILES string of the molecule is CCCNC(=O)N(C)C(C)CC(=N)N. The molecule has 2 amide bonds. The molecule has 0 rings (SSSR count). The van der Waals surface area contributed by atoms with Crippen LogP contribution < -0.4 is 11.1 Å². The summed E-state index contributed by atoms with van der Waals surface area (Å²) in [6.45, 7) is 4.54. The monoisotopic (exact) mass is 200 g/mol. The van der Waals surface area contributed by atoms with Gasteiger partial charge in [0.1, 0.15) is 0 Å². The molecule has 0 aromatic heterocycles. The lowest BCUT2D eigenvalue weighted by atomic mass is 10.2. The molecule has 0 saturated carbocycles. The first-order valence-corrected chi connectivity index (χ1v) is 4.82. The van der Waals surface area contributed by atoms with Crippen LogP contribution in [0.15, 0.2) is 0 Å². The van der Waals surface area contributed by atoms with Crippen LogP contribution in [0, 0.1) is 5.41 Å². The van der Waals surface area contributed by atoms with Crippen molar-refractivity contribution in [2.24, 2.45) is 5.73 Å². The van der Waals surface area contributed by atoms with Crippen LogP contribution in [0.5, 0.6) is 0 Å². The number of hydrogen-bond donors (Lipinski definition) is 3. The summed E-state index contributed by atoms with van der Waals surface area (Å²) in [6, 6.07) is -0.148. The van der Waals surface area contributed by atoms with E-state index in [0.29, 0.717) is 13.0 Å². The van der Waals surface area contributed by atoms with Crippen LogP contribution >= 0.6 is 0 Å². The second-order valence-electron chi connectivity index (χ2n) is 3.42. The highest BCUT2D eigenvalue weighted by atomic mass is 16.2. The Morgan fingerprint density at radius 1 is 1.64 bits per heavy atom. The summed E-state index contributed by atoms with van der Waals surface area (Å²) >= 11 is 0. The minimum absolute atomic E-state index is 0.0376. The first kappa shape index (κ1) is 12.7. The van der Waals surface area contributed by atoms with Crippen LogP contribution in [0.1, 0.15) is 26.7 Å². The van der Waals surface area contributed by atoms with Crippen LogP contribution in [0.2, 0.25) is 0 Å². The van der Waals surface area contributed by atoms with Gasteiger partial charge in [-0.1, -0.05) is 6.92 Å². The third kappa shape index (κ3) is 4.69. The maximum Gasteiger partial charge on any atom is 0.317 e. The van der Waals surface area contributed by atoms with E-state index in [-0.39, 0.29) is 17.9 Å². The van der Waals surface area contributed by atoms with E-state index in [0.717, 1.165) is 6.42 Å². The fraction of sp³-hybridized carbons (Fsp3) is 0.778. The number of amidine groups is 1. The Morgan fingerprint density at radius 3 is 2.64 bits per heavy atom. The first-order chi connectivity index (χ1) is 6.49. The van der Waals surface area contributed by atoms with Gasteiger partial charge in [-0.2, -0.15) is 0 Å². The van der Waals surface area contributed by atoms with Crippen molar-refractivity contribution in [2.45, 2.75) is 32.7 Å². The van der Waals surface area contributed by atoms with E-state index in [9.17, 15) is 4.79 Å². The summed E-state index contributed by atoms with van der Waals surface area (Å²) < 4.78 is 0. The summed E-state index contributed by atoms with van der Waals surface area (Å²) in [7, 11) is 1.71. The average Bonchev–Trinajstić information content (AvgIpc) is 2.11. The number of carbonyl (C=O) groups is 1. The molecule has 4 N–H and O–H groups in total. The van der Waals surface area contributed by atoms with E-state index in [2.05, 4.69) is 5.32 Å². The number of nitrogens with one attached hydrogen (secondary N) is 2. The minimum atomic E-state index is -0.111. The molecule has 1 atom stereocenters. The molecule has 0 aliphatic rings. The predicted octanol–water partition coefficient (Wildman–Crippen LogP) is 0.752. The summed E-state index contributed by atoms with van der Waals surface area (Å²) in [5.41, 5.74) is 5.26. The van der Waals surface area contributed by atoms with Crippen molar-refractivity contribution in [3.8, 4) is 0 Å². The fourth-order valence-electron chi connectivity index (χ4n) is 1.01. The normalized spacial score (nSPS) is 11.9. The van der Waals surface area contributed by atoms with Crippen molar-refractivity contribution >= 4 is 11.9 Å². The van der Waals surface area contributed by atoms with Crippen molar-refractivity contribution in [3.63, 3.8) is 0 Å². The van der Waals surface area contributed by atoms with Gasteiger partial charge in [0.05, 0.1) is 5.84 Å². The fourth-order valence-corrected chi connectivity index (χ4v) is 1.01. The van der Waals surface area contributed by atoms with Gasteiger partial charge in [-0.15, -0.1) is 0 Å². The van der Waals surface area contributed by atoms with E-state index in [1.807, 2.05) is 13.8 Å². The molecular weight excluding hydrogens is 180 g/mol. The number of nitrogens with two attached hydrogens (primary N) is 1. The van der Waals surface area contributed by atoms with Crippen LogP contribution in [-0.4, -0.2) is 36.4 Å². The number of urea groups is 1. The van der Waals surface area contributed by atoms with Gasteiger partial charge in [0.25, 0.3) is 0 Å². The van der Waals surface area contributed by atoms with Crippen LogP contribution in [0.4, 0.5) is 4.79 Å². The molecule has 0 aromatic rings. The highest BCUT2D eigenvalue weighted by molar-refractivity contribution is 5.79. The molecule has 5 heteroatoms. The molecular formula is C9H20N4O. The smallest absolute Gasteiger partial charge is 0.317 e. The molecule has 5 nitrogen and oxygen atoms in total. The van der Waals surface area contributed by atoms with Gasteiger partial charge in [-0.25, -0.2) is 4.79 Å². The van der Waals surface area contributed by atoms with E-state index in [1.165, 1.54) is 0 Å². The molecule has 0 radical (unpaired) electrons. The van der Waals surface area contributed by atoms with Crippen molar-refractivity contribution in [1.29, 1.82) is 5.41 Å². The Labute approximate surface area is 85.2 Å². The topological polar surface area (TPSA) is 82.2 Å². The van der Waals surface area contributed by atoms with Gasteiger partial charge < -0.3 is 16.0 Å². The Morgan fingerprint density at radius 2 is 2.21 bits per heavy atom. The second-order valence-corrected chi connectivity index (χ2v) is 3.42. The average molecular weight is 200 g/mol. The largest absolute Gasteiger partial charge is 0.388 e. The Balaban J connectivity index is 3.96. The standard InChI is InChI=1S/C9H20N4O/c1-4-5-12-9(14)13(3)7(2)6-8(10)11/h7H,4-6H2,1-3H3,(H3,10,11)(H,12,14). The van der Waals surface area contributed by atoms with Gasteiger partial charge in [0, 0.05) is 26.1 Å². The second kappa shape index (κ2) is 6.23. The van der Waals surface area contributed by atoms with Gasteiger partial charge >= 0.3 is 6.03 Å². The lowest BCUT2D eigenvalue weighted by Gasteiger charge is -2.24. The summed E-state index contributed by atoms with van der Waals surface area (Å²) in [5.74, 6) is 0.104. The number of rotatable bonds is 5. The number of hydrogen-bond acceptors (Lipinski definition) is 2. The Hall–Kier alpha value is -1.26. The van der Waals surface area contributed by atoms with E-state index in [1.54, 1.807) is 11.9 Å². The molecule has 0 aliphatic heterocycles. The van der Waals surface area contributed by atoms with Gasteiger partial charge in [-0.3, -0.25) is 5.41 Å². The third-order valence-corrected chi connectivity index (χ3v) is 2.02. The zero-order valence-electron chi connectivity index (χ0n) is 9.13. The quantitative estimate of drug-likeness (QED) is 0.452. The minimum Gasteiger partial charge on any atom is -0.388 e. The zero-order valence-corrected chi connectivity index (χ0v) is 9.13. The number of carbonyl (C=O) groups excluding carboxylic acids is 1. The van der Waals surface area contributed by atoms with Gasteiger partial charge in [-0.05, 0) is 13.3 Å². The molecule has 0 aromatic carbocycles. The van der Waals surface area contributed by atoms with Gasteiger partial charge in [0.2, 0.25) is 0 Å². The molecule has 0 saturated heterocycles. The maximum atomic E-state index is 11.4. The lowest BCUT2D eigenvalue weighted by molar-refractivity contribution is 0.195. The summed E-state index contributed by atoms with van der Waals surface area (Å²) in [5, 5.41) is 9.88. The molecule has 0 bridgehead atoms. The van der Waals surface area contributed by atoms with Crippen LogP contribution in [0.25, 0.3) is 0 Å². The molecule has 0 heterocycles. The van der Waals surface area contributed by atoms with Crippen molar-refractivity contribution in [3.05, 3.63) is 0 Å². The highest BCUT2D eigenvalue weighted by Gasteiger charge is 2.15. The van der Waals surface area contributed by atoms with Crippen molar-refractivity contribution in [2.75, 3.05) is 13.6 Å². The Kier molecular flexibility index (Phi) is 5.67. The highest BCUT2D eigenvalue weighted by Crippen LogP contribution is 2.00. The number of amides is 2.